The monoisotopic (exact) mass is 185 g/mol. The van der Waals surface area contributed by atoms with Crippen LogP contribution in [0.25, 0.3) is 0 Å². The third-order valence-electron chi connectivity index (χ3n) is 2.24. The summed E-state index contributed by atoms with van der Waals surface area (Å²) >= 11 is 0. The smallest absolute Gasteiger partial charge is 0.187 e. The lowest BCUT2D eigenvalue weighted by Gasteiger charge is -2.07. The van der Waals surface area contributed by atoms with Gasteiger partial charge in [-0.3, -0.25) is 5.10 Å². The van der Waals surface area contributed by atoms with Gasteiger partial charge >= 0.3 is 0 Å². The van der Waals surface area contributed by atoms with Crippen LogP contribution in [0.3, 0.4) is 0 Å². The Balaban J connectivity index is 2.65. The predicted molar refractivity (Wildman–Crippen MR) is 50.9 cm³/mol. The Bertz CT molecular complexity index is 270. The summed E-state index contributed by atoms with van der Waals surface area (Å²) in [5.74, 6) is -0.244. The zero-order valence-corrected chi connectivity index (χ0v) is 8.10. The summed E-state index contributed by atoms with van der Waals surface area (Å²) in [5.41, 5.74) is 5.82. The van der Waals surface area contributed by atoms with Gasteiger partial charge in [0.2, 0.25) is 0 Å². The molecular formula is C9H16FN3. The maximum atomic E-state index is 13.2. The molecule has 1 aromatic heterocycles. The van der Waals surface area contributed by atoms with Crippen LogP contribution < -0.4 is 5.73 Å². The number of hydrogen-bond acceptors (Lipinski definition) is 2. The maximum absolute atomic E-state index is 13.2. The molecule has 1 aromatic rings. The summed E-state index contributed by atoms with van der Waals surface area (Å²) in [7, 11) is 0. The zero-order chi connectivity index (χ0) is 9.84. The second-order valence-electron chi connectivity index (χ2n) is 3.38. The van der Waals surface area contributed by atoms with Gasteiger partial charge < -0.3 is 5.73 Å². The average molecular weight is 185 g/mol. The number of nitrogens with one attached hydrogen (secondary N) is 1. The summed E-state index contributed by atoms with van der Waals surface area (Å²) in [6, 6.07) is 0. The minimum atomic E-state index is -0.386. The fourth-order valence-corrected chi connectivity index (χ4v) is 1.34. The van der Waals surface area contributed by atoms with Gasteiger partial charge in [-0.05, 0) is 6.42 Å². The molecule has 13 heavy (non-hydrogen) atoms. The Labute approximate surface area is 77.5 Å². The van der Waals surface area contributed by atoms with Crippen LogP contribution in [0, 0.1) is 5.82 Å². The molecule has 1 rings (SSSR count). The van der Waals surface area contributed by atoms with Crippen molar-refractivity contribution >= 4 is 5.82 Å². The van der Waals surface area contributed by atoms with Gasteiger partial charge in [0.25, 0.3) is 0 Å². The lowest BCUT2D eigenvalue weighted by molar-refractivity contribution is 0.555. The van der Waals surface area contributed by atoms with Crippen molar-refractivity contribution in [3.05, 3.63) is 11.5 Å². The molecule has 0 radical (unpaired) electrons. The van der Waals surface area contributed by atoms with Crippen molar-refractivity contribution in [2.45, 2.75) is 39.0 Å². The topological polar surface area (TPSA) is 54.7 Å². The Kier molecular flexibility index (Phi) is 3.28. The number of aromatic amines is 1. The quantitative estimate of drug-likeness (QED) is 0.756. The van der Waals surface area contributed by atoms with E-state index >= 15 is 0 Å². The van der Waals surface area contributed by atoms with Gasteiger partial charge in [-0.2, -0.15) is 5.10 Å². The van der Waals surface area contributed by atoms with E-state index in [1.165, 1.54) is 0 Å². The number of hydrogen-bond donors (Lipinski definition) is 2. The van der Waals surface area contributed by atoms with Crippen LogP contribution in [0.2, 0.25) is 0 Å². The van der Waals surface area contributed by atoms with Gasteiger partial charge in [0.05, 0.1) is 5.69 Å². The van der Waals surface area contributed by atoms with Crippen LogP contribution in [0.15, 0.2) is 0 Å². The fourth-order valence-electron chi connectivity index (χ4n) is 1.34. The minimum Gasteiger partial charge on any atom is -0.380 e. The number of anilines is 1. The first-order valence-electron chi connectivity index (χ1n) is 4.66. The van der Waals surface area contributed by atoms with E-state index in [4.69, 9.17) is 5.73 Å². The highest BCUT2D eigenvalue weighted by Crippen LogP contribution is 2.24. The second kappa shape index (κ2) is 4.25. The van der Waals surface area contributed by atoms with Crippen molar-refractivity contribution in [1.82, 2.24) is 10.2 Å². The number of rotatable bonds is 4. The molecule has 1 heterocycles. The van der Waals surface area contributed by atoms with E-state index in [1.807, 2.05) is 6.92 Å². The molecule has 0 saturated carbocycles. The second-order valence-corrected chi connectivity index (χ2v) is 3.38. The predicted octanol–water partition coefficient (Wildman–Crippen LogP) is 2.42. The van der Waals surface area contributed by atoms with Crippen LogP contribution in [0.4, 0.5) is 10.2 Å². The lowest BCUT2D eigenvalue weighted by atomic mass is 10.0. The van der Waals surface area contributed by atoms with Crippen LogP contribution in [0.1, 0.15) is 44.7 Å². The van der Waals surface area contributed by atoms with E-state index in [0.29, 0.717) is 5.69 Å². The molecule has 0 saturated heterocycles. The summed E-state index contributed by atoms with van der Waals surface area (Å²) < 4.78 is 13.2. The molecule has 0 fully saturated rings. The van der Waals surface area contributed by atoms with Gasteiger partial charge in [-0.1, -0.05) is 26.7 Å². The molecule has 4 heteroatoms. The van der Waals surface area contributed by atoms with Crippen molar-refractivity contribution in [3.8, 4) is 0 Å². The first-order chi connectivity index (χ1) is 6.16. The lowest BCUT2D eigenvalue weighted by Crippen LogP contribution is -1.97. The van der Waals surface area contributed by atoms with Gasteiger partial charge in [-0.25, -0.2) is 4.39 Å². The number of nitrogens with zero attached hydrogens (tertiary/aromatic N) is 1. The molecule has 0 bridgehead atoms. The number of H-pyrrole nitrogens is 1. The van der Waals surface area contributed by atoms with Crippen LogP contribution >= 0.6 is 0 Å². The molecule has 0 spiro atoms. The van der Waals surface area contributed by atoms with Crippen molar-refractivity contribution < 1.29 is 4.39 Å². The molecule has 0 aliphatic rings. The highest BCUT2D eigenvalue weighted by atomic mass is 19.1. The van der Waals surface area contributed by atoms with Gasteiger partial charge in [0, 0.05) is 5.92 Å². The van der Waals surface area contributed by atoms with E-state index in [1.54, 1.807) is 0 Å². The van der Waals surface area contributed by atoms with E-state index in [2.05, 4.69) is 17.1 Å². The summed E-state index contributed by atoms with van der Waals surface area (Å²) in [6.45, 7) is 4.09. The summed E-state index contributed by atoms with van der Waals surface area (Å²) in [4.78, 5) is 0. The van der Waals surface area contributed by atoms with Crippen molar-refractivity contribution in [2.75, 3.05) is 5.73 Å². The SMILES string of the molecule is CCCCC(C)c1[nH]nc(N)c1F. The Morgan fingerprint density at radius 1 is 1.62 bits per heavy atom. The third kappa shape index (κ3) is 2.20. The molecule has 3 nitrogen and oxygen atoms in total. The first-order valence-corrected chi connectivity index (χ1v) is 4.66. The molecule has 0 aliphatic carbocycles. The molecule has 0 aromatic carbocycles. The number of aromatic nitrogens is 2. The number of nitrogens with two attached hydrogens (primary N) is 1. The normalized spacial score (nSPS) is 13.2. The van der Waals surface area contributed by atoms with Gasteiger partial charge in [-0.15, -0.1) is 0 Å². The van der Waals surface area contributed by atoms with E-state index in [-0.39, 0.29) is 17.6 Å². The average Bonchev–Trinajstić information content (AvgIpc) is 2.44. The standard InChI is InChI=1S/C9H16FN3/c1-3-4-5-6(2)8-7(10)9(11)13-12-8/h6H,3-5H2,1-2H3,(H3,11,12,13). The third-order valence-corrected chi connectivity index (χ3v) is 2.24. The van der Waals surface area contributed by atoms with Crippen molar-refractivity contribution in [1.29, 1.82) is 0 Å². The summed E-state index contributed by atoms with van der Waals surface area (Å²) in [5, 5.41) is 6.26. The number of halogens is 1. The molecule has 1 unspecified atom stereocenters. The van der Waals surface area contributed by atoms with Crippen LogP contribution in [-0.4, -0.2) is 10.2 Å². The molecule has 1 atom stereocenters. The molecule has 74 valence electrons. The zero-order valence-electron chi connectivity index (χ0n) is 8.10. The first kappa shape index (κ1) is 10.0. The van der Waals surface area contributed by atoms with Crippen LogP contribution in [0.5, 0.6) is 0 Å². The van der Waals surface area contributed by atoms with E-state index < -0.39 is 0 Å². The molecule has 0 amide bonds. The number of unbranched alkanes of at least 4 members (excludes halogenated alkanes) is 1. The van der Waals surface area contributed by atoms with Crippen molar-refractivity contribution in [2.24, 2.45) is 0 Å². The number of nitrogen functional groups attached to an aromatic ring is 1. The highest BCUT2D eigenvalue weighted by Gasteiger charge is 2.15. The van der Waals surface area contributed by atoms with Gasteiger partial charge in [0.15, 0.2) is 11.6 Å². The Hall–Kier alpha value is -1.06. The Morgan fingerprint density at radius 2 is 2.31 bits per heavy atom. The summed E-state index contributed by atoms with van der Waals surface area (Å²) in [6.07, 6.45) is 3.18. The van der Waals surface area contributed by atoms with Gasteiger partial charge in [0.1, 0.15) is 0 Å². The minimum absolute atomic E-state index is 0.0293. The highest BCUT2D eigenvalue weighted by molar-refractivity contribution is 5.32. The van der Waals surface area contributed by atoms with E-state index in [0.717, 1.165) is 19.3 Å². The van der Waals surface area contributed by atoms with Crippen molar-refractivity contribution in [3.63, 3.8) is 0 Å². The molecule has 3 N–H and O–H groups in total. The fraction of sp³-hybridized carbons (Fsp3) is 0.667. The largest absolute Gasteiger partial charge is 0.380 e. The van der Waals surface area contributed by atoms with E-state index in [9.17, 15) is 4.39 Å². The molecule has 0 aliphatic heterocycles. The Morgan fingerprint density at radius 3 is 2.77 bits per heavy atom. The molecular weight excluding hydrogens is 169 g/mol. The maximum Gasteiger partial charge on any atom is 0.187 e. The van der Waals surface area contributed by atoms with Crippen LogP contribution in [-0.2, 0) is 0 Å².